The Morgan fingerprint density at radius 1 is 0.875 bits per heavy atom. The van der Waals surface area contributed by atoms with Gasteiger partial charge in [0, 0.05) is 43.3 Å². The summed E-state index contributed by atoms with van der Waals surface area (Å²) in [5.41, 5.74) is 6.85. The van der Waals surface area contributed by atoms with Crippen molar-refractivity contribution >= 4 is 56.0 Å². The Bertz CT molecular complexity index is 1290. The largest absolute Gasteiger partial charge is 1.00 e. The summed E-state index contributed by atoms with van der Waals surface area (Å²) in [5.74, 6) is 1.19. The number of rotatable bonds is 5. The molecule has 0 saturated carbocycles. The van der Waals surface area contributed by atoms with E-state index in [1.165, 1.54) is 6.21 Å². The van der Waals surface area contributed by atoms with Crippen molar-refractivity contribution in [2.75, 3.05) is 32.0 Å². The van der Waals surface area contributed by atoms with Crippen molar-refractivity contribution in [3.63, 3.8) is 0 Å². The van der Waals surface area contributed by atoms with Crippen molar-refractivity contribution in [3.05, 3.63) is 61.6 Å². The third-order valence-corrected chi connectivity index (χ3v) is 6.08. The second kappa shape index (κ2) is 20.9. The van der Waals surface area contributed by atoms with Crippen LogP contribution < -0.4 is 43.3 Å². The van der Waals surface area contributed by atoms with Gasteiger partial charge < -0.3 is 18.9 Å². The molecule has 0 aromatic heterocycles. The van der Waals surface area contributed by atoms with Crippen LogP contribution in [0.2, 0.25) is 0 Å². The number of benzene rings is 2. The number of nitrogens with zero attached hydrogens (tertiary/aromatic N) is 2. The summed E-state index contributed by atoms with van der Waals surface area (Å²) >= 11 is 12.9. The Morgan fingerprint density at radius 3 is 1.60 bits per heavy atom. The standard InChI is InChI=1S/C12H18NO3P.C12H16NO3P.CH2Cl2.ClO.Na/c2*1-8-6-9(2)12(16-17(4,5)15)10(3)11(8)7-13-14;2-1-3;1-2;/h6-7,14H,1-5H3;6H,1-5H3;1H2;;/q;;;-1;+1/p+1/b13-7+;;;;. The Balaban J connectivity index is -0.000000577. The fourth-order valence-corrected chi connectivity index (χ4v) is 4.99. The molecule has 2 aromatic rings. The Morgan fingerprint density at radius 2 is 1.25 bits per heavy atom. The second-order valence-electron chi connectivity index (χ2n) is 8.96. The second-order valence-corrected chi connectivity index (χ2v) is 15.1. The molecule has 220 valence electrons. The van der Waals surface area contributed by atoms with Crippen molar-refractivity contribution in [1.29, 1.82) is 0 Å². The maximum Gasteiger partial charge on any atom is 1.00 e. The van der Waals surface area contributed by atoms with Gasteiger partial charge in [-0.15, -0.1) is 23.2 Å². The molecule has 2 rings (SSSR count). The fraction of sp³-hybridized carbons (Fsp3) is 0.440. The van der Waals surface area contributed by atoms with Crippen LogP contribution in [0.3, 0.4) is 0 Å². The van der Waals surface area contributed by atoms with Crippen molar-refractivity contribution in [2.24, 2.45) is 5.16 Å². The molecular weight excluding hydrogens is 632 g/mol. The van der Waals surface area contributed by atoms with Crippen LogP contribution in [0.4, 0.5) is 0 Å². The number of oxime groups is 1. The predicted octanol–water partition coefficient (Wildman–Crippen LogP) is 4.86. The van der Waals surface area contributed by atoms with E-state index in [1.54, 1.807) is 26.7 Å². The average Bonchev–Trinajstić information content (AvgIpc) is 2.81. The summed E-state index contributed by atoms with van der Waals surface area (Å²) in [6.07, 6.45) is 1.37. The van der Waals surface area contributed by atoms with Crippen LogP contribution in [-0.2, 0) is 9.13 Å². The van der Waals surface area contributed by atoms with Gasteiger partial charge >= 0.3 is 35.6 Å². The molecule has 0 heterocycles. The van der Waals surface area contributed by atoms with Crippen molar-refractivity contribution in [1.82, 2.24) is 0 Å². The van der Waals surface area contributed by atoms with Gasteiger partial charge in [0.2, 0.25) is 19.7 Å². The minimum atomic E-state index is -2.62. The van der Waals surface area contributed by atoms with Gasteiger partial charge in [-0.3, -0.25) is 9.13 Å². The molecule has 0 unspecified atom stereocenters. The smallest absolute Gasteiger partial charge is 0.769 e. The van der Waals surface area contributed by atoms with Crippen LogP contribution in [0.5, 0.6) is 11.5 Å². The minimum Gasteiger partial charge on any atom is -0.769 e. The first kappa shape index (κ1) is 43.5. The molecule has 9 nitrogen and oxygen atoms in total. The predicted molar refractivity (Wildman–Crippen MR) is 161 cm³/mol. The molecule has 0 fully saturated rings. The first-order valence-electron chi connectivity index (χ1n) is 11.2. The Labute approximate surface area is 275 Å². The molecule has 2 aromatic carbocycles. The van der Waals surface area contributed by atoms with Gasteiger partial charge in [0.05, 0.1) is 11.6 Å². The Hall–Kier alpha value is -0.910. The topological polar surface area (TPSA) is 133 Å². The summed E-state index contributed by atoms with van der Waals surface area (Å²) < 4.78 is 42.2. The molecule has 0 aliphatic carbocycles. The molecule has 0 atom stereocenters. The number of alkyl halides is 2. The SMILES string of the molecule is Cc1cc(C)c(OP(C)(C)=O)c(C)c1/C=N/O.Cc1cc(C)c(OP(C)(C)=O)c(C)c1C#[N+]O.ClCCl.[Na+].[O-]Cl. The number of hydrogen-bond acceptors (Lipinski definition) is 8. The molecular formula is C25H37Cl3N2NaO7P2+. The minimum absolute atomic E-state index is 0. The van der Waals surface area contributed by atoms with Crippen LogP contribution in [0.25, 0.3) is 5.01 Å². The number of hydrogen-bond donors (Lipinski definition) is 2. The van der Waals surface area contributed by atoms with E-state index in [4.69, 9.17) is 47.3 Å². The monoisotopic (exact) mass is 667 g/mol. The summed E-state index contributed by atoms with van der Waals surface area (Å²) in [5, 5.41) is 23.4. The zero-order valence-corrected chi connectivity index (χ0v) is 30.9. The van der Waals surface area contributed by atoms with Crippen molar-refractivity contribution in [2.45, 2.75) is 41.5 Å². The van der Waals surface area contributed by atoms with E-state index in [0.717, 1.165) is 38.9 Å². The summed E-state index contributed by atoms with van der Waals surface area (Å²) in [6.45, 7) is 17.6. The van der Waals surface area contributed by atoms with E-state index in [-0.39, 0.29) is 34.9 Å². The molecule has 0 bridgehead atoms. The van der Waals surface area contributed by atoms with Crippen LogP contribution in [-0.4, -0.2) is 48.6 Å². The maximum atomic E-state index is 11.7. The molecule has 2 N–H and O–H groups in total. The molecule has 0 saturated heterocycles. The van der Waals surface area contributed by atoms with Crippen molar-refractivity contribution < 1.29 is 62.8 Å². The molecule has 15 heteroatoms. The third kappa shape index (κ3) is 15.9. The van der Waals surface area contributed by atoms with Crippen LogP contribution in [0, 0.1) is 47.6 Å². The van der Waals surface area contributed by atoms with Gasteiger partial charge in [0.1, 0.15) is 17.1 Å². The number of aryl methyl sites for hydroxylation is 4. The van der Waals surface area contributed by atoms with Gasteiger partial charge in [0.15, 0.2) is 0 Å². The normalized spacial score (nSPS) is 10.2. The van der Waals surface area contributed by atoms with Gasteiger partial charge in [-0.2, -0.15) is 5.21 Å². The molecule has 0 aliphatic heterocycles. The van der Waals surface area contributed by atoms with Crippen LogP contribution in [0.15, 0.2) is 17.3 Å². The molecule has 0 radical (unpaired) electrons. The van der Waals surface area contributed by atoms with E-state index in [1.807, 2.05) is 53.7 Å². The van der Waals surface area contributed by atoms with Crippen molar-refractivity contribution in [3.8, 4) is 17.6 Å². The molecule has 0 amide bonds. The van der Waals surface area contributed by atoms with Crippen LogP contribution in [0.1, 0.15) is 44.5 Å². The summed E-state index contributed by atoms with van der Waals surface area (Å²) in [7, 11) is -5.22. The van der Waals surface area contributed by atoms with E-state index >= 15 is 0 Å². The van der Waals surface area contributed by atoms with Gasteiger partial charge in [-0.1, -0.05) is 17.3 Å². The summed E-state index contributed by atoms with van der Waals surface area (Å²) in [6, 6.07) is 6.33. The third-order valence-electron chi connectivity index (χ3n) is 4.83. The Kier molecular flexibility index (Phi) is 22.7. The van der Waals surface area contributed by atoms with E-state index in [9.17, 15) is 9.13 Å². The molecule has 0 aliphatic rings. The van der Waals surface area contributed by atoms with E-state index in [2.05, 4.69) is 28.1 Å². The molecule has 0 spiro atoms. The number of halogens is 3. The van der Waals surface area contributed by atoms with Gasteiger partial charge in [0.25, 0.3) is 0 Å². The molecule has 40 heavy (non-hydrogen) atoms. The first-order chi connectivity index (χ1) is 17.9. The maximum absolute atomic E-state index is 11.7. The van der Waals surface area contributed by atoms with E-state index in [0.29, 0.717) is 17.1 Å². The quantitative estimate of drug-likeness (QED) is 0.116. The summed E-state index contributed by atoms with van der Waals surface area (Å²) in [4.78, 5) is 0. The fourth-order valence-electron chi connectivity index (χ4n) is 3.55. The zero-order valence-electron chi connectivity index (χ0n) is 24.8. The van der Waals surface area contributed by atoms with E-state index < -0.39 is 14.7 Å². The van der Waals surface area contributed by atoms with Crippen LogP contribution >= 0.6 is 49.8 Å². The van der Waals surface area contributed by atoms with Gasteiger partial charge in [-0.25, -0.2) is 11.9 Å². The first-order valence-corrected chi connectivity index (χ1v) is 17.6. The average molecular weight is 669 g/mol. The zero-order chi connectivity index (χ0) is 31.1. The van der Waals surface area contributed by atoms with Gasteiger partial charge in [-0.05, 0) is 63.8 Å².